The predicted molar refractivity (Wildman–Crippen MR) is 262 cm³/mol. The molecular formula is C48H71N11O9S. The molecule has 2 saturated heterocycles. The summed E-state index contributed by atoms with van der Waals surface area (Å²) < 4.78 is 29.9. The molecule has 378 valence electrons. The number of aryl methyl sites for hydroxylation is 2. The molecule has 1 unspecified atom stereocenters. The zero-order chi connectivity index (χ0) is 48.8. The van der Waals surface area contributed by atoms with Crippen LogP contribution in [0.3, 0.4) is 0 Å². The number of hydrogen-bond donors (Lipinski definition) is 5. The van der Waals surface area contributed by atoms with Gasteiger partial charge in [0, 0.05) is 58.3 Å². The summed E-state index contributed by atoms with van der Waals surface area (Å²) in [6.45, 7) is 14.1. The first-order valence-corrected chi connectivity index (χ1v) is 25.1. The highest BCUT2D eigenvalue weighted by Gasteiger charge is 2.44. The Bertz CT molecular complexity index is 2260. The van der Waals surface area contributed by atoms with E-state index < -0.39 is 35.4 Å². The molecule has 1 aliphatic carbocycles. The van der Waals surface area contributed by atoms with Crippen LogP contribution in [-0.2, 0) is 51.7 Å². The van der Waals surface area contributed by atoms with E-state index in [0.29, 0.717) is 57.6 Å². The summed E-state index contributed by atoms with van der Waals surface area (Å²) >= 11 is 1.57. The Morgan fingerprint density at radius 1 is 0.928 bits per heavy atom. The molecule has 1 aromatic carbocycles. The van der Waals surface area contributed by atoms with E-state index in [1.165, 1.54) is 4.90 Å². The highest BCUT2D eigenvalue weighted by Crippen LogP contribution is 2.30. The maximum absolute atomic E-state index is 13.9. The van der Waals surface area contributed by atoms with Gasteiger partial charge in [0.05, 0.1) is 87.8 Å². The molecule has 3 amide bonds. The number of morpholine rings is 1. The summed E-state index contributed by atoms with van der Waals surface area (Å²) in [5.74, 6) is 0.0355. The smallest absolute Gasteiger partial charge is 0.246 e. The number of benzene rings is 1. The molecule has 21 heteroatoms. The standard InChI is InChI=1S/C48H71N11O9S/c1-32-42(69-31-51-32)34-8-6-33(7-9-34)27-50-45(62)39-26-37(60)29-59(39)46(63)43(48(2,3)4)55-40(61)30-68-25-24-67-23-22-66-21-20-64-17-14-49-47-54-38-28-52-57(5)41(38)44(56-47)53-35-10-12-36(13-11-35)58-15-18-65-19-16-58/h6-9,28,31,35-37,39,43,60H,10-27,29-30H2,1-5H3,(H,50,62)(H,55,61)(H2,49,53,54,56)/t35?,36?,37-,39+,43?/m1/s1. The van der Waals surface area contributed by atoms with Crippen LogP contribution in [0, 0.1) is 12.3 Å². The fraction of sp³-hybridized carbons (Fsp3) is 0.646. The van der Waals surface area contributed by atoms with Crippen LogP contribution in [0.5, 0.6) is 0 Å². The first-order valence-electron chi connectivity index (χ1n) is 24.2. The minimum absolute atomic E-state index is 0.0118. The second-order valence-corrected chi connectivity index (χ2v) is 19.8. The molecule has 1 saturated carbocycles. The molecule has 3 fully saturated rings. The number of amides is 3. The average Bonchev–Trinajstić information content (AvgIpc) is 4.07. The number of fused-ring (bicyclic) bond motifs is 1. The van der Waals surface area contributed by atoms with Crippen LogP contribution in [0.25, 0.3) is 21.5 Å². The van der Waals surface area contributed by atoms with E-state index in [-0.39, 0.29) is 45.2 Å². The highest BCUT2D eigenvalue weighted by molar-refractivity contribution is 7.13. The number of anilines is 2. The van der Waals surface area contributed by atoms with Crippen molar-refractivity contribution in [1.82, 2.24) is 45.2 Å². The maximum Gasteiger partial charge on any atom is 0.246 e. The van der Waals surface area contributed by atoms with Crippen LogP contribution in [0.1, 0.15) is 64.1 Å². The van der Waals surface area contributed by atoms with Gasteiger partial charge in [-0.2, -0.15) is 10.1 Å². The zero-order valence-corrected chi connectivity index (χ0v) is 41.6. The molecule has 0 bridgehead atoms. The number of thiazole rings is 1. The van der Waals surface area contributed by atoms with E-state index >= 15 is 0 Å². The van der Waals surface area contributed by atoms with Crippen LogP contribution in [0.2, 0.25) is 0 Å². The number of likely N-dealkylation sites (tertiary alicyclic amines) is 1. The molecule has 69 heavy (non-hydrogen) atoms. The lowest BCUT2D eigenvalue weighted by Crippen LogP contribution is -2.58. The Hall–Kier alpha value is -4.87. The van der Waals surface area contributed by atoms with Gasteiger partial charge in [-0.1, -0.05) is 45.0 Å². The van der Waals surface area contributed by atoms with Crippen molar-refractivity contribution in [2.75, 3.05) is 103 Å². The number of aliphatic hydroxyl groups excluding tert-OH is 1. The van der Waals surface area contributed by atoms with Gasteiger partial charge in [-0.15, -0.1) is 11.3 Å². The number of aliphatic hydroxyl groups is 1. The molecule has 0 spiro atoms. The van der Waals surface area contributed by atoms with Crippen molar-refractivity contribution in [3.8, 4) is 10.4 Å². The SMILES string of the molecule is Cc1ncsc1-c1ccc(CNC(=O)[C@@H]2C[C@@H](O)CN2C(=O)C(NC(=O)COCCOCCOCCOCCNc2nc(NC3CCC(N4CCOCC4)CC3)c3c(cnn3C)n2)C(C)(C)C)cc1. The quantitative estimate of drug-likeness (QED) is 0.0636. The lowest BCUT2D eigenvalue weighted by molar-refractivity contribution is -0.144. The van der Waals surface area contributed by atoms with E-state index in [1.807, 2.05) is 69.2 Å². The second-order valence-electron chi connectivity index (χ2n) is 19.0. The van der Waals surface area contributed by atoms with Crippen molar-refractivity contribution in [2.24, 2.45) is 12.5 Å². The molecule has 4 aromatic rings. The van der Waals surface area contributed by atoms with Gasteiger partial charge in [-0.05, 0) is 49.1 Å². The molecule has 5 heterocycles. The molecular weight excluding hydrogens is 907 g/mol. The first-order chi connectivity index (χ1) is 33.3. The predicted octanol–water partition coefficient (Wildman–Crippen LogP) is 3.14. The van der Waals surface area contributed by atoms with Gasteiger partial charge in [-0.25, -0.2) is 9.97 Å². The van der Waals surface area contributed by atoms with Crippen molar-refractivity contribution in [1.29, 1.82) is 0 Å². The van der Waals surface area contributed by atoms with E-state index in [1.54, 1.807) is 17.5 Å². The lowest BCUT2D eigenvalue weighted by atomic mass is 9.85. The van der Waals surface area contributed by atoms with E-state index in [4.69, 9.17) is 28.7 Å². The Kier molecular flexibility index (Phi) is 19.1. The van der Waals surface area contributed by atoms with Crippen molar-refractivity contribution in [3.05, 3.63) is 47.2 Å². The van der Waals surface area contributed by atoms with E-state index in [9.17, 15) is 19.5 Å². The largest absolute Gasteiger partial charge is 0.391 e. The number of nitrogens with one attached hydrogen (secondary N) is 4. The van der Waals surface area contributed by atoms with Crippen molar-refractivity contribution < 1.29 is 43.2 Å². The fourth-order valence-corrected chi connectivity index (χ4v) is 9.84. The van der Waals surface area contributed by atoms with Crippen LogP contribution >= 0.6 is 11.3 Å². The van der Waals surface area contributed by atoms with Gasteiger partial charge in [0.2, 0.25) is 23.7 Å². The van der Waals surface area contributed by atoms with Gasteiger partial charge in [-0.3, -0.25) is 24.0 Å². The number of rotatable bonds is 24. The minimum Gasteiger partial charge on any atom is -0.391 e. The van der Waals surface area contributed by atoms with Gasteiger partial charge in [0.15, 0.2) is 5.82 Å². The number of carbonyl (C=O) groups is 3. The summed E-state index contributed by atoms with van der Waals surface area (Å²) in [6, 6.07) is 7.01. The number of ether oxygens (including phenoxy) is 5. The third kappa shape index (κ3) is 14.8. The first kappa shape index (κ1) is 52.0. The van der Waals surface area contributed by atoms with Crippen LogP contribution in [-0.4, -0.2) is 180 Å². The fourth-order valence-electron chi connectivity index (χ4n) is 9.02. The number of hydrogen-bond acceptors (Lipinski definition) is 17. The monoisotopic (exact) mass is 978 g/mol. The van der Waals surface area contributed by atoms with Gasteiger partial charge in [0.25, 0.3) is 0 Å². The average molecular weight is 978 g/mol. The van der Waals surface area contributed by atoms with Crippen molar-refractivity contribution >= 4 is 51.9 Å². The number of aromatic nitrogens is 5. The third-order valence-electron chi connectivity index (χ3n) is 12.8. The zero-order valence-electron chi connectivity index (χ0n) is 40.7. The van der Waals surface area contributed by atoms with Crippen LogP contribution in [0.4, 0.5) is 11.8 Å². The van der Waals surface area contributed by atoms with Crippen molar-refractivity contribution in [3.63, 3.8) is 0 Å². The lowest BCUT2D eigenvalue weighted by Gasteiger charge is -2.39. The van der Waals surface area contributed by atoms with Gasteiger partial charge >= 0.3 is 0 Å². The van der Waals surface area contributed by atoms with Crippen molar-refractivity contribution in [2.45, 2.75) is 96.6 Å². The number of carbonyl (C=O) groups excluding carboxylic acids is 3. The van der Waals surface area contributed by atoms with Gasteiger partial charge < -0.3 is 55.0 Å². The normalized spacial score (nSPS) is 20.5. The number of β-amino-alcohol motifs (C(OH)–C–C–N with tert-alkyl or cyclic N) is 1. The van der Waals surface area contributed by atoms with E-state index in [0.717, 1.165) is 90.5 Å². The number of nitrogens with zero attached hydrogens (tertiary/aromatic N) is 7. The van der Waals surface area contributed by atoms with E-state index in [2.05, 4.69) is 41.2 Å². The Labute approximate surface area is 408 Å². The Morgan fingerprint density at radius 3 is 2.28 bits per heavy atom. The molecule has 2 aliphatic heterocycles. The highest BCUT2D eigenvalue weighted by atomic mass is 32.1. The molecule has 7 rings (SSSR count). The molecule has 5 N–H and O–H groups in total. The molecule has 3 aliphatic rings. The summed E-state index contributed by atoms with van der Waals surface area (Å²) in [5.41, 5.74) is 5.71. The molecule has 0 radical (unpaired) electrons. The maximum atomic E-state index is 13.9. The molecule has 3 aromatic heterocycles. The Balaban J connectivity index is 0.729. The Morgan fingerprint density at radius 2 is 1.61 bits per heavy atom. The summed E-state index contributed by atoms with van der Waals surface area (Å²) in [5, 5.41) is 27.7. The minimum atomic E-state index is -0.959. The molecule has 20 nitrogen and oxygen atoms in total. The topological polar surface area (TPSA) is 229 Å². The van der Waals surface area contributed by atoms with Crippen LogP contribution in [0.15, 0.2) is 36.0 Å². The summed E-state index contributed by atoms with van der Waals surface area (Å²) in [4.78, 5) is 59.2. The third-order valence-corrected chi connectivity index (χ3v) is 13.8. The summed E-state index contributed by atoms with van der Waals surface area (Å²) in [7, 11) is 1.91. The molecule has 3 atom stereocenters. The van der Waals surface area contributed by atoms with Crippen LogP contribution < -0.4 is 21.3 Å². The van der Waals surface area contributed by atoms with Gasteiger partial charge in [0.1, 0.15) is 29.7 Å². The second kappa shape index (κ2) is 25.3. The summed E-state index contributed by atoms with van der Waals surface area (Å²) in [6.07, 6.45) is 5.49.